The molecule has 0 saturated carbocycles. The Hall–Kier alpha value is -2.41. The van der Waals surface area contributed by atoms with E-state index in [0.717, 1.165) is 31.9 Å². The van der Waals surface area contributed by atoms with Crippen molar-refractivity contribution < 1.29 is 19.4 Å². The number of likely N-dealkylation sites (N-methyl/N-ethyl adjacent to an activating group) is 1. The fraction of sp³-hybridized carbons (Fsp3) is 0.391. The number of hydrogen-bond acceptors (Lipinski definition) is 2. The number of quaternary nitrogens is 2. The van der Waals surface area contributed by atoms with Crippen LogP contribution < -0.4 is 20.0 Å². The van der Waals surface area contributed by atoms with E-state index in [1.165, 1.54) is 9.80 Å². The van der Waals surface area contributed by atoms with Crippen molar-refractivity contribution in [2.75, 3.05) is 49.5 Å². The summed E-state index contributed by atoms with van der Waals surface area (Å²) in [4.78, 5) is 29.8. The van der Waals surface area contributed by atoms with Crippen LogP contribution in [0.1, 0.15) is 13.8 Å². The minimum Gasteiger partial charge on any atom is -0.320 e. The molecule has 160 valence electrons. The van der Waals surface area contributed by atoms with Gasteiger partial charge in [0, 0.05) is 12.2 Å². The molecule has 0 spiro atoms. The first-order valence-electron chi connectivity index (χ1n) is 10.6. The molecule has 1 heterocycles. The summed E-state index contributed by atoms with van der Waals surface area (Å²) >= 11 is 6.12. The Morgan fingerprint density at radius 2 is 1.67 bits per heavy atom. The highest BCUT2D eigenvalue weighted by Gasteiger charge is 2.34. The van der Waals surface area contributed by atoms with Gasteiger partial charge in [0.25, 0.3) is 11.8 Å². The van der Waals surface area contributed by atoms with E-state index >= 15 is 0 Å². The standard InChI is InChI=1S/C23H29ClN4O2/c1-3-28(19-9-5-4-6-10-19)23(30)18(2)27-15-13-26(14-16-27)17-22(29)25-21-12-8-7-11-20(21)24/h4-12,18H,3,13-17H2,1-2H3,(H,25,29)/p+2/t18-/m1/s1. The average molecular weight is 431 g/mol. The Balaban J connectivity index is 1.50. The van der Waals surface area contributed by atoms with E-state index in [9.17, 15) is 9.59 Å². The van der Waals surface area contributed by atoms with Crippen molar-refractivity contribution in [3.05, 3.63) is 59.6 Å². The van der Waals surface area contributed by atoms with Crippen LogP contribution in [0.15, 0.2) is 54.6 Å². The largest absolute Gasteiger partial charge is 0.320 e. The molecule has 1 saturated heterocycles. The number of rotatable bonds is 7. The zero-order valence-corrected chi connectivity index (χ0v) is 18.4. The van der Waals surface area contributed by atoms with Crippen LogP contribution >= 0.6 is 11.6 Å². The van der Waals surface area contributed by atoms with Gasteiger partial charge in [-0.15, -0.1) is 0 Å². The molecule has 0 unspecified atom stereocenters. The van der Waals surface area contributed by atoms with Gasteiger partial charge < -0.3 is 20.0 Å². The third-order valence-electron chi connectivity index (χ3n) is 5.79. The predicted octanol–water partition coefficient (Wildman–Crippen LogP) is 0.504. The molecule has 30 heavy (non-hydrogen) atoms. The number of anilines is 2. The molecule has 6 nitrogen and oxygen atoms in total. The molecular weight excluding hydrogens is 400 g/mol. The Morgan fingerprint density at radius 1 is 1.03 bits per heavy atom. The molecule has 7 heteroatoms. The van der Waals surface area contributed by atoms with Crippen molar-refractivity contribution in [3.63, 3.8) is 0 Å². The van der Waals surface area contributed by atoms with Crippen molar-refractivity contribution in [1.29, 1.82) is 0 Å². The molecule has 1 aliphatic heterocycles. The van der Waals surface area contributed by atoms with E-state index in [-0.39, 0.29) is 17.9 Å². The number of hydrogen-bond donors (Lipinski definition) is 3. The van der Waals surface area contributed by atoms with Crippen molar-refractivity contribution in [2.24, 2.45) is 0 Å². The van der Waals surface area contributed by atoms with Crippen LogP contribution in [0.5, 0.6) is 0 Å². The van der Waals surface area contributed by atoms with Crippen LogP contribution in [0, 0.1) is 0 Å². The Bertz CT molecular complexity index is 853. The van der Waals surface area contributed by atoms with E-state index in [1.54, 1.807) is 12.1 Å². The molecule has 2 aromatic rings. The van der Waals surface area contributed by atoms with Gasteiger partial charge in [0.2, 0.25) is 0 Å². The third-order valence-corrected chi connectivity index (χ3v) is 6.12. The van der Waals surface area contributed by atoms with Crippen molar-refractivity contribution in [3.8, 4) is 0 Å². The van der Waals surface area contributed by atoms with E-state index in [2.05, 4.69) is 5.32 Å². The lowest BCUT2D eigenvalue weighted by molar-refractivity contribution is -1.01. The highest BCUT2D eigenvalue weighted by molar-refractivity contribution is 6.33. The molecule has 3 N–H and O–H groups in total. The molecule has 0 aromatic heterocycles. The normalized spacial score (nSPS) is 19.7. The number of para-hydroxylation sites is 2. The zero-order chi connectivity index (χ0) is 21.5. The van der Waals surface area contributed by atoms with Crippen LogP contribution in [-0.4, -0.2) is 57.1 Å². The second kappa shape index (κ2) is 10.6. The van der Waals surface area contributed by atoms with Crippen molar-refractivity contribution in [2.45, 2.75) is 19.9 Å². The number of nitrogens with zero attached hydrogens (tertiary/aromatic N) is 1. The molecule has 1 fully saturated rings. The number of carbonyl (C=O) groups is 2. The average Bonchev–Trinajstić information content (AvgIpc) is 2.76. The van der Waals surface area contributed by atoms with Crippen LogP contribution in [0.25, 0.3) is 0 Å². The van der Waals surface area contributed by atoms with Crippen LogP contribution in [0.3, 0.4) is 0 Å². The van der Waals surface area contributed by atoms with Gasteiger partial charge in [-0.1, -0.05) is 41.9 Å². The van der Waals surface area contributed by atoms with Crippen molar-refractivity contribution in [1.82, 2.24) is 0 Å². The minimum absolute atomic E-state index is 0.0353. The smallest absolute Gasteiger partial charge is 0.284 e. The highest BCUT2D eigenvalue weighted by Crippen LogP contribution is 2.19. The Kier molecular flexibility index (Phi) is 7.85. The van der Waals surface area contributed by atoms with Crippen molar-refractivity contribution >= 4 is 34.8 Å². The van der Waals surface area contributed by atoms with E-state index in [1.807, 2.05) is 61.2 Å². The second-order valence-electron chi connectivity index (χ2n) is 7.75. The number of piperazine rings is 1. The monoisotopic (exact) mass is 430 g/mol. The van der Waals surface area contributed by atoms with Crippen LogP contribution in [0.4, 0.5) is 11.4 Å². The number of nitrogens with one attached hydrogen (secondary N) is 3. The minimum atomic E-state index is -0.108. The second-order valence-corrected chi connectivity index (χ2v) is 8.16. The molecule has 2 aromatic carbocycles. The summed E-state index contributed by atoms with van der Waals surface area (Å²) in [5.41, 5.74) is 1.59. The molecule has 3 rings (SSSR count). The third kappa shape index (κ3) is 5.59. The molecule has 1 atom stereocenters. The predicted molar refractivity (Wildman–Crippen MR) is 120 cm³/mol. The summed E-state index contributed by atoms with van der Waals surface area (Å²) in [5.74, 6) is 0.116. The highest BCUT2D eigenvalue weighted by atomic mass is 35.5. The number of halogens is 1. The first kappa shape index (κ1) is 22.3. The van der Waals surface area contributed by atoms with Gasteiger partial charge in [0.1, 0.15) is 26.2 Å². The summed E-state index contributed by atoms with van der Waals surface area (Å²) < 4.78 is 0. The lowest BCUT2D eigenvalue weighted by Crippen LogP contribution is -3.30. The van der Waals surface area contributed by atoms with Crippen LogP contribution in [0.2, 0.25) is 5.02 Å². The lowest BCUT2D eigenvalue weighted by Gasteiger charge is -2.34. The summed E-state index contributed by atoms with van der Waals surface area (Å²) in [7, 11) is 0. The molecular formula is C23H31ClN4O2+2. The van der Waals surface area contributed by atoms with Crippen LogP contribution in [-0.2, 0) is 9.59 Å². The summed E-state index contributed by atoms with van der Waals surface area (Å²) in [6.45, 7) is 8.54. The summed E-state index contributed by atoms with van der Waals surface area (Å²) in [6.07, 6.45) is 0. The van der Waals surface area contributed by atoms with Gasteiger partial charge in [0.05, 0.1) is 10.7 Å². The fourth-order valence-corrected chi connectivity index (χ4v) is 4.18. The summed E-state index contributed by atoms with van der Waals surface area (Å²) in [5, 5.41) is 3.43. The quantitative estimate of drug-likeness (QED) is 0.599. The maximum Gasteiger partial charge on any atom is 0.284 e. The van der Waals surface area contributed by atoms with Gasteiger partial charge >= 0.3 is 0 Å². The van der Waals surface area contributed by atoms with E-state index in [4.69, 9.17) is 11.6 Å². The maximum absolute atomic E-state index is 13.1. The molecule has 0 bridgehead atoms. The topological polar surface area (TPSA) is 58.3 Å². The maximum atomic E-state index is 13.1. The van der Waals surface area contributed by atoms with E-state index < -0.39 is 0 Å². The van der Waals surface area contributed by atoms with Gasteiger partial charge in [-0.3, -0.25) is 9.59 Å². The first-order valence-corrected chi connectivity index (χ1v) is 11.0. The van der Waals surface area contributed by atoms with Gasteiger partial charge in [-0.05, 0) is 38.1 Å². The summed E-state index contributed by atoms with van der Waals surface area (Å²) in [6, 6.07) is 17.0. The lowest BCUT2D eigenvalue weighted by atomic mass is 10.1. The fourth-order valence-electron chi connectivity index (χ4n) is 4.00. The zero-order valence-electron chi connectivity index (χ0n) is 17.7. The Labute approximate surface area is 183 Å². The molecule has 0 radical (unpaired) electrons. The number of carbonyl (C=O) groups excluding carboxylic acids is 2. The van der Waals surface area contributed by atoms with Gasteiger partial charge in [-0.25, -0.2) is 0 Å². The Morgan fingerprint density at radius 3 is 2.30 bits per heavy atom. The van der Waals surface area contributed by atoms with Gasteiger partial charge in [-0.2, -0.15) is 0 Å². The number of benzene rings is 2. The molecule has 2 amide bonds. The first-order chi connectivity index (χ1) is 14.5. The van der Waals surface area contributed by atoms with Gasteiger partial charge in [0.15, 0.2) is 12.6 Å². The number of amides is 2. The van der Waals surface area contributed by atoms with E-state index in [0.29, 0.717) is 23.8 Å². The SMILES string of the molecule is CCN(C(=O)[C@@H](C)[NH+]1CC[NH+](CC(=O)Nc2ccccc2Cl)CC1)c1ccccc1. The molecule has 0 aliphatic carbocycles. The molecule has 1 aliphatic rings.